The van der Waals surface area contributed by atoms with Crippen LogP contribution in [0, 0.1) is 0 Å². The average molecular weight is 339 g/mol. The van der Waals surface area contributed by atoms with Crippen molar-refractivity contribution in [1.82, 2.24) is 9.97 Å². The molecule has 0 aliphatic carbocycles. The van der Waals surface area contributed by atoms with Gasteiger partial charge in [-0.05, 0) is 30.9 Å². The van der Waals surface area contributed by atoms with Crippen LogP contribution in [0.5, 0.6) is 0 Å². The molecule has 124 valence electrons. The molecule has 1 aromatic heterocycles. The van der Waals surface area contributed by atoms with Gasteiger partial charge in [-0.2, -0.15) is 0 Å². The Morgan fingerprint density at radius 1 is 1.29 bits per heavy atom. The van der Waals surface area contributed by atoms with Crippen molar-refractivity contribution in [2.24, 2.45) is 0 Å². The lowest BCUT2D eigenvalue weighted by Gasteiger charge is -2.09. The molecular weight excluding hydrogens is 318 g/mol. The van der Waals surface area contributed by atoms with Crippen LogP contribution in [0.15, 0.2) is 67.7 Å². The molecule has 0 saturated heterocycles. The number of hydrogen-bond donors (Lipinski definition) is 1. The number of anilines is 1. The Morgan fingerprint density at radius 3 is 2.67 bits per heavy atom. The quantitative estimate of drug-likeness (QED) is 0.536. The molecule has 4 nitrogen and oxygen atoms in total. The second kappa shape index (κ2) is 10.2. The van der Waals surface area contributed by atoms with Crippen LogP contribution in [0.4, 0.5) is 5.82 Å². The van der Waals surface area contributed by atoms with E-state index in [2.05, 4.69) is 35.0 Å². The van der Waals surface area contributed by atoms with Gasteiger partial charge in [0, 0.05) is 11.0 Å². The van der Waals surface area contributed by atoms with Crippen LogP contribution in [-0.2, 0) is 4.79 Å². The molecule has 0 unspecified atom stereocenters. The first-order chi connectivity index (χ1) is 11.5. The van der Waals surface area contributed by atoms with Gasteiger partial charge in [-0.3, -0.25) is 4.79 Å². The van der Waals surface area contributed by atoms with Crippen molar-refractivity contribution < 1.29 is 4.79 Å². The molecule has 1 amide bonds. The van der Waals surface area contributed by atoms with Crippen molar-refractivity contribution >= 4 is 34.0 Å². The largest absolute Gasteiger partial charge is 0.307 e. The summed E-state index contributed by atoms with van der Waals surface area (Å²) in [5.74, 6) is 0.593. The van der Waals surface area contributed by atoms with Crippen LogP contribution in [0.3, 0.4) is 0 Å². The maximum Gasteiger partial charge on any atom is 0.248 e. The Kier molecular flexibility index (Phi) is 8.22. The molecule has 1 N–H and O–H groups in total. The molecule has 0 fully saturated rings. The number of carbonyl (C=O) groups is 1. The van der Waals surface area contributed by atoms with Crippen molar-refractivity contribution in [2.45, 2.75) is 13.8 Å². The number of hydrogen-bond acceptors (Lipinski definition) is 4. The molecule has 0 bridgehead atoms. The number of carbonyl (C=O) groups excluding carboxylic acids is 1. The Labute approximate surface area is 147 Å². The molecule has 0 atom stereocenters. The van der Waals surface area contributed by atoms with E-state index in [9.17, 15) is 4.79 Å². The van der Waals surface area contributed by atoms with E-state index >= 15 is 0 Å². The molecule has 0 aliphatic heterocycles. The Hall–Kier alpha value is -2.66. The van der Waals surface area contributed by atoms with Gasteiger partial charge in [-0.1, -0.05) is 61.9 Å². The summed E-state index contributed by atoms with van der Waals surface area (Å²) in [5, 5.41) is 4.59. The highest BCUT2D eigenvalue weighted by Crippen LogP contribution is 2.27. The number of allylic oxidation sites excluding steroid dienone is 6. The van der Waals surface area contributed by atoms with Crippen molar-refractivity contribution in [1.29, 1.82) is 0 Å². The SMILES string of the molecule is C=C/C=C\C=C(/C)c1nc(NC(=O)C=C)cc(C(=C)S/C=C\C)n1. The number of rotatable bonds is 8. The Balaban J connectivity index is 3.28. The summed E-state index contributed by atoms with van der Waals surface area (Å²) in [4.78, 5) is 21.2. The fourth-order valence-corrected chi connectivity index (χ4v) is 2.10. The summed E-state index contributed by atoms with van der Waals surface area (Å²) in [6, 6.07) is 1.69. The van der Waals surface area contributed by atoms with Gasteiger partial charge in [0.2, 0.25) is 5.91 Å². The summed E-state index contributed by atoms with van der Waals surface area (Å²) < 4.78 is 0. The first-order valence-corrected chi connectivity index (χ1v) is 8.15. The van der Waals surface area contributed by atoms with E-state index in [-0.39, 0.29) is 5.91 Å². The zero-order valence-electron chi connectivity index (χ0n) is 14.0. The Bertz CT molecular complexity index is 730. The lowest BCUT2D eigenvalue weighted by molar-refractivity contribution is -0.111. The molecule has 24 heavy (non-hydrogen) atoms. The third kappa shape index (κ3) is 6.22. The number of nitrogens with zero attached hydrogens (tertiary/aromatic N) is 2. The monoisotopic (exact) mass is 339 g/mol. The molecular formula is C19H21N3OS. The van der Waals surface area contributed by atoms with Crippen LogP contribution < -0.4 is 5.32 Å². The summed E-state index contributed by atoms with van der Waals surface area (Å²) in [7, 11) is 0. The molecule has 0 saturated carbocycles. The third-order valence-electron chi connectivity index (χ3n) is 2.74. The van der Waals surface area contributed by atoms with Crippen molar-refractivity contribution in [2.75, 3.05) is 5.32 Å². The molecule has 0 radical (unpaired) electrons. The van der Waals surface area contributed by atoms with Crippen molar-refractivity contribution in [3.8, 4) is 0 Å². The molecule has 0 aromatic carbocycles. The minimum Gasteiger partial charge on any atom is -0.307 e. The van der Waals surface area contributed by atoms with Gasteiger partial charge in [0.15, 0.2) is 5.82 Å². The lowest BCUT2D eigenvalue weighted by Crippen LogP contribution is -2.11. The van der Waals surface area contributed by atoms with Crippen LogP contribution >= 0.6 is 11.8 Å². The fraction of sp³-hybridized carbons (Fsp3) is 0.105. The topological polar surface area (TPSA) is 54.9 Å². The second-order valence-corrected chi connectivity index (χ2v) is 5.64. The molecule has 0 aliphatic rings. The van der Waals surface area contributed by atoms with E-state index in [1.807, 2.05) is 43.6 Å². The molecule has 0 spiro atoms. The van der Waals surface area contributed by atoms with Gasteiger partial charge in [0.05, 0.1) is 5.69 Å². The normalized spacial score (nSPS) is 11.7. The summed E-state index contributed by atoms with van der Waals surface area (Å²) in [6.45, 7) is 14.9. The minimum atomic E-state index is -0.328. The summed E-state index contributed by atoms with van der Waals surface area (Å²) in [5.41, 5.74) is 1.51. The average Bonchev–Trinajstić information content (AvgIpc) is 2.59. The number of amides is 1. The predicted octanol–water partition coefficient (Wildman–Crippen LogP) is 4.98. The van der Waals surface area contributed by atoms with E-state index < -0.39 is 0 Å². The number of nitrogens with one attached hydrogen (secondary N) is 1. The Morgan fingerprint density at radius 2 is 2.04 bits per heavy atom. The van der Waals surface area contributed by atoms with Gasteiger partial charge >= 0.3 is 0 Å². The van der Waals surface area contributed by atoms with E-state index in [4.69, 9.17) is 0 Å². The highest BCUT2D eigenvalue weighted by Gasteiger charge is 2.10. The maximum atomic E-state index is 11.6. The molecule has 1 aromatic rings. The minimum absolute atomic E-state index is 0.328. The zero-order valence-corrected chi connectivity index (χ0v) is 14.8. The van der Waals surface area contributed by atoms with E-state index in [1.54, 1.807) is 12.1 Å². The van der Waals surface area contributed by atoms with Gasteiger partial charge in [0.1, 0.15) is 5.82 Å². The van der Waals surface area contributed by atoms with Gasteiger partial charge in [0.25, 0.3) is 0 Å². The van der Waals surface area contributed by atoms with Crippen LogP contribution in [-0.4, -0.2) is 15.9 Å². The maximum absolute atomic E-state index is 11.6. The van der Waals surface area contributed by atoms with E-state index in [0.29, 0.717) is 17.3 Å². The van der Waals surface area contributed by atoms with Crippen LogP contribution in [0.1, 0.15) is 25.4 Å². The zero-order chi connectivity index (χ0) is 17.9. The highest BCUT2D eigenvalue weighted by molar-refractivity contribution is 8.10. The van der Waals surface area contributed by atoms with Gasteiger partial charge in [-0.15, -0.1) is 0 Å². The van der Waals surface area contributed by atoms with Crippen molar-refractivity contribution in [3.63, 3.8) is 0 Å². The standard InChI is InChI=1S/C19H21N3OS/c1-6-9-10-11-14(4)19-20-16(15(5)24-12-7-2)13-17(22-19)21-18(23)8-3/h6-13H,1,3,5H2,2,4H3,(H,20,21,22,23)/b10-9-,12-7-,14-11+. The molecule has 1 heterocycles. The highest BCUT2D eigenvalue weighted by atomic mass is 32.2. The molecule has 1 rings (SSSR count). The smallest absolute Gasteiger partial charge is 0.248 e. The first kappa shape index (κ1) is 19.4. The van der Waals surface area contributed by atoms with Crippen LogP contribution in [0.2, 0.25) is 0 Å². The van der Waals surface area contributed by atoms with Crippen molar-refractivity contribution in [3.05, 3.63) is 79.2 Å². The first-order valence-electron chi connectivity index (χ1n) is 7.27. The lowest BCUT2D eigenvalue weighted by atomic mass is 10.2. The van der Waals surface area contributed by atoms with E-state index in [1.165, 1.54) is 17.8 Å². The van der Waals surface area contributed by atoms with E-state index in [0.717, 1.165) is 10.5 Å². The summed E-state index contributed by atoms with van der Waals surface area (Å²) >= 11 is 1.46. The number of thioether (sulfide) groups is 1. The summed E-state index contributed by atoms with van der Waals surface area (Å²) in [6.07, 6.45) is 10.3. The van der Waals surface area contributed by atoms with Gasteiger partial charge < -0.3 is 5.32 Å². The molecule has 5 heteroatoms. The van der Waals surface area contributed by atoms with Crippen LogP contribution in [0.25, 0.3) is 10.5 Å². The fourth-order valence-electron chi connectivity index (χ4n) is 1.57. The third-order valence-corrected chi connectivity index (χ3v) is 3.64. The van der Waals surface area contributed by atoms with Gasteiger partial charge in [-0.25, -0.2) is 9.97 Å². The second-order valence-electron chi connectivity index (χ2n) is 4.64. The number of aromatic nitrogens is 2. The predicted molar refractivity (Wildman–Crippen MR) is 105 cm³/mol.